The summed E-state index contributed by atoms with van der Waals surface area (Å²) in [6, 6.07) is 9.27. The zero-order valence-corrected chi connectivity index (χ0v) is 20.3. The minimum atomic E-state index is -4.91. The second kappa shape index (κ2) is 9.33. The Labute approximate surface area is 215 Å². The van der Waals surface area contributed by atoms with Gasteiger partial charge in [0.25, 0.3) is 5.91 Å². The molecule has 1 aliphatic heterocycles. The first-order chi connectivity index (χ1) is 17.5. The summed E-state index contributed by atoms with van der Waals surface area (Å²) in [6.07, 6.45) is -1.74. The van der Waals surface area contributed by atoms with Gasteiger partial charge in [-0.15, -0.1) is 13.2 Å². The first-order valence-corrected chi connectivity index (χ1v) is 12.4. The lowest BCUT2D eigenvalue weighted by atomic mass is 9.58. The maximum Gasteiger partial charge on any atom is 0.573 e. The number of amides is 1. The monoisotopic (exact) mass is 536 g/mol. The molecular weight excluding hydrogens is 513 g/mol. The molecule has 1 heterocycles. The Kier molecular flexibility index (Phi) is 6.44. The molecule has 2 aromatic carbocycles. The number of carboxylic acid groups (broad SMARTS) is 1. The fourth-order valence-corrected chi connectivity index (χ4v) is 5.92. The van der Waals surface area contributed by atoms with Crippen molar-refractivity contribution in [2.24, 2.45) is 5.92 Å². The Morgan fingerprint density at radius 1 is 1.14 bits per heavy atom. The molecule has 2 saturated carbocycles. The van der Waals surface area contributed by atoms with Crippen molar-refractivity contribution in [2.45, 2.75) is 62.0 Å². The molecule has 0 bridgehead atoms. The second-order valence-corrected chi connectivity index (χ2v) is 10.2. The van der Waals surface area contributed by atoms with Crippen LogP contribution in [-0.4, -0.2) is 47.3 Å². The molecule has 7 nitrogen and oxygen atoms in total. The van der Waals surface area contributed by atoms with Gasteiger partial charge in [-0.25, -0.2) is 0 Å². The summed E-state index contributed by atoms with van der Waals surface area (Å²) in [5.74, 6) is -3.11. The van der Waals surface area contributed by atoms with Crippen molar-refractivity contribution in [2.75, 3.05) is 4.90 Å². The molecule has 0 spiro atoms. The number of fused-ring (bicyclic) bond motifs is 2. The van der Waals surface area contributed by atoms with E-state index in [0.717, 1.165) is 25.0 Å². The fraction of sp³-hybridized carbons (Fsp3) is 0.423. The summed E-state index contributed by atoms with van der Waals surface area (Å²) in [6.45, 7) is 0. The van der Waals surface area contributed by atoms with Crippen LogP contribution in [0.15, 0.2) is 42.5 Å². The molecule has 196 valence electrons. The van der Waals surface area contributed by atoms with Crippen molar-refractivity contribution in [1.82, 2.24) is 5.32 Å². The summed E-state index contributed by atoms with van der Waals surface area (Å²) in [7, 11) is 0. The van der Waals surface area contributed by atoms with Crippen molar-refractivity contribution in [3.63, 3.8) is 0 Å². The van der Waals surface area contributed by atoms with E-state index in [1.54, 1.807) is 18.2 Å². The van der Waals surface area contributed by atoms with E-state index in [0.29, 0.717) is 35.4 Å². The number of anilines is 1. The van der Waals surface area contributed by atoms with Crippen molar-refractivity contribution in [1.29, 1.82) is 0 Å². The highest BCUT2D eigenvalue weighted by Gasteiger charge is 2.59. The average molecular weight is 537 g/mol. The van der Waals surface area contributed by atoms with Gasteiger partial charge < -0.3 is 19.5 Å². The minimum Gasteiger partial charge on any atom is -0.480 e. The van der Waals surface area contributed by atoms with E-state index in [1.807, 2.05) is 0 Å². The number of rotatable bonds is 8. The number of nitrogens with one attached hydrogen (secondary N) is 1. The van der Waals surface area contributed by atoms with Gasteiger partial charge in [0, 0.05) is 40.7 Å². The number of aliphatic carboxylic acids is 1. The molecule has 3 aliphatic rings. The lowest BCUT2D eigenvalue weighted by Crippen LogP contribution is -2.66. The van der Waals surface area contributed by atoms with Gasteiger partial charge in [-0.05, 0) is 67.5 Å². The van der Waals surface area contributed by atoms with Crippen LogP contribution in [0.1, 0.15) is 53.9 Å². The quantitative estimate of drug-likeness (QED) is 0.465. The van der Waals surface area contributed by atoms with Gasteiger partial charge in [-0.2, -0.15) is 0 Å². The molecule has 5 rings (SSSR count). The van der Waals surface area contributed by atoms with E-state index in [2.05, 4.69) is 10.1 Å². The van der Waals surface area contributed by atoms with E-state index in [4.69, 9.17) is 11.6 Å². The first-order valence-electron chi connectivity index (χ1n) is 12.0. The predicted molar refractivity (Wildman–Crippen MR) is 128 cm³/mol. The molecule has 2 N–H and O–H groups in total. The Balaban J connectivity index is 1.60. The molecule has 2 fully saturated rings. The lowest BCUT2D eigenvalue weighted by molar-refractivity contribution is -0.274. The van der Waals surface area contributed by atoms with Crippen molar-refractivity contribution < 1.29 is 37.4 Å². The van der Waals surface area contributed by atoms with Crippen LogP contribution in [0.3, 0.4) is 0 Å². The third-order valence-corrected chi connectivity index (χ3v) is 7.76. The van der Waals surface area contributed by atoms with Crippen LogP contribution in [0.4, 0.5) is 18.9 Å². The van der Waals surface area contributed by atoms with E-state index in [-0.39, 0.29) is 23.9 Å². The molecule has 0 saturated heterocycles. The number of aldehydes is 1. The standard InChI is InChI=1S/C26H24ClF3N2O5/c27-15-4-7-19-21(13-15)32(23(34)14-2-1-3-17(12-14)37-26(28,29)30)20-9-8-18(20)22(19)25(10-11-33,24(35)36)31-16-5-6-16/h1-4,7,11-13,16,18,20,22,31H,5-6,8-10H2,(H,35,36). The van der Waals surface area contributed by atoms with Gasteiger partial charge in [0.15, 0.2) is 0 Å². The van der Waals surface area contributed by atoms with E-state index in [1.165, 1.54) is 17.0 Å². The number of carbonyl (C=O) groups is 3. The fourth-order valence-electron chi connectivity index (χ4n) is 5.75. The van der Waals surface area contributed by atoms with Crippen LogP contribution >= 0.6 is 11.6 Å². The third kappa shape index (κ3) is 4.68. The summed E-state index contributed by atoms with van der Waals surface area (Å²) in [5, 5.41) is 14.0. The molecule has 0 aromatic heterocycles. The number of nitrogens with zero attached hydrogens (tertiary/aromatic N) is 1. The molecule has 4 atom stereocenters. The van der Waals surface area contributed by atoms with Crippen molar-refractivity contribution in [3.8, 4) is 5.75 Å². The van der Waals surface area contributed by atoms with Gasteiger partial charge in [-0.1, -0.05) is 23.7 Å². The summed E-state index contributed by atoms with van der Waals surface area (Å²) in [4.78, 5) is 39.8. The highest BCUT2D eigenvalue weighted by molar-refractivity contribution is 6.31. The topological polar surface area (TPSA) is 95.9 Å². The van der Waals surface area contributed by atoms with Gasteiger partial charge in [0.05, 0.1) is 0 Å². The highest BCUT2D eigenvalue weighted by Crippen LogP contribution is 2.56. The number of alkyl halides is 3. The van der Waals surface area contributed by atoms with Gasteiger partial charge in [0.1, 0.15) is 17.6 Å². The van der Waals surface area contributed by atoms with E-state index < -0.39 is 41.5 Å². The van der Waals surface area contributed by atoms with Gasteiger partial charge in [0.2, 0.25) is 0 Å². The van der Waals surface area contributed by atoms with E-state index in [9.17, 15) is 32.7 Å². The SMILES string of the molecule is O=CCC(NC1CC1)(C(=O)O)C1c2ccc(Cl)cc2N(C(=O)c2cccc(OC(F)(F)F)c2)C2CCC21. The van der Waals surface area contributed by atoms with Gasteiger partial charge >= 0.3 is 12.3 Å². The second-order valence-electron chi connectivity index (χ2n) is 9.81. The van der Waals surface area contributed by atoms with Crippen LogP contribution in [-0.2, 0) is 9.59 Å². The Bertz CT molecular complexity index is 1250. The summed E-state index contributed by atoms with van der Waals surface area (Å²) < 4.78 is 42.3. The molecule has 4 unspecified atom stereocenters. The molecule has 2 aliphatic carbocycles. The Morgan fingerprint density at radius 3 is 2.49 bits per heavy atom. The third-order valence-electron chi connectivity index (χ3n) is 7.53. The molecule has 37 heavy (non-hydrogen) atoms. The molecule has 0 radical (unpaired) electrons. The minimum absolute atomic E-state index is 0.00901. The molecule has 1 amide bonds. The zero-order chi connectivity index (χ0) is 26.5. The molecular formula is C26H24ClF3N2O5. The van der Waals surface area contributed by atoms with Gasteiger partial charge in [-0.3, -0.25) is 14.9 Å². The maximum atomic E-state index is 13.7. The van der Waals surface area contributed by atoms with Crippen LogP contribution in [0.25, 0.3) is 0 Å². The van der Waals surface area contributed by atoms with Crippen LogP contribution < -0.4 is 15.0 Å². The number of hydrogen-bond acceptors (Lipinski definition) is 5. The van der Waals surface area contributed by atoms with Crippen molar-refractivity contribution >= 4 is 35.5 Å². The lowest BCUT2D eigenvalue weighted by Gasteiger charge is -2.56. The number of carbonyl (C=O) groups excluding carboxylic acids is 2. The number of hydrogen-bond donors (Lipinski definition) is 2. The first kappa shape index (κ1) is 25.5. The largest absolute Gasteiger partial charge is 0.573 e. The summed E-state index contributed by atoms with van der Waals surface area (Å²) >= 11 is 6.30. The van der Waals surface area contributed by atoms with E-state index >= 15 is 0 Å². The zero-order valence-electron chi connectivity index (χ0n) is 19.5. The maximum absolute atomic E-state index is 13.7. The Hall–Kier alpha value is -3.11. The number of benzene rings is 2. The van der Waals surface area contributed by atoms with Crippen LogP contribution in [0.5, 0.6) is 5.75 Å². The normalized spacial score (nSPS) is 24.2. The average Bonchev–Trinajstić information content (AvgIpc) is 3.62. The highest BCUT2D eigenvalue weighted by atomic mass is 35.5. The smallest absolute Gasteiger partial charge is 0.480 e. The summed E-state index contributed by atoms with van der Waals surface area (Å²) in [5.41, 5.74) is -0.631. The Morgan fingerprint density at radius 2 is 1.89 bits per heavy atom. The van der Waals surface area contributed by atoms with Crippen LogP contribution in [0, 0.1) is 5.92 Å². The predicted octanol–water partition coefficient (Wildman–Crippen LogP) is 4.93. The molecule has 2 aromatic rings. The number of ether oxygens (including phenoxy) is 1. The molecule has 11 heteroatoms. The van der Waals surface area contributed by atoms with Crippen LogP contribution in [0.2, 0.25) is 5.02 Å². The van der Waals surface area contributed by atoms with Crippen molar-refractivity contribution in [3.05, 3.63) is 58.6 Å². The number of halogens is 4. The number of carboxylic acids is 1.